The first-order valence-corrected chi connectivity index (χ1v) is 5.22. The predicted molar refractivity (Wildman–Crippen MR) is 64.4 cm³/mol. The number of hydrogen-bond donors (Lipinski definition) is 2. The number of phenolic OH excluding ortho intramolecular Hbond substituents is 2. The zero-order chi connectivity index (χ0) is 12.4. The third kappa shape index (κ3) is 2.13. The second kappa shape index (κ2) is 4.29. The normalized spacial score (nSPS) is 10.2. The van der Waals surface area contributed by atoms with Crippen LogP contribution in [0, 0.1) is 6.92 Å². The Morgan fingerprint density at radius 3 is 2.35 bits per heavy atom. The molecular weight excluding hydrogens is 216 g/mol. The Labute approximate surface area is 99.0 Å². The van der Waals surface area contributed by atoms with E-state index in [-0.39, 0.29) is 22.8 Å². The van der Waals surface area contributed by atoms with Gasteiger partial charge in [-0.3, -0.25) is 4.79 Å². The summed E-state index contributed by atoms with van der Waals surface area (Å²) in [5, 5.41) is 19.0. The van der Waals surface area contributed by atoms with Gasteiger partial charge in [0.05, 0.1) is 5.56 Å². The third-order valence-corrected chi connectivity index (χ3v) is 2.61. The van der Waals surface area contributed by atoms with Crippen LogP contribution in [-0.4, -0.2) is 16.0 Å². The molecule has 0 aliphatic rings. The molecular formula is C14H12O3. The Balaban J connectivity index is 2.44. The zero-order valence-electron chi connectivity index (χ0n) is 9.34. The van der Waals surface area contributed by atoms with E-state index in [1.165, 1.54) is 18.2 Å². The molecule has 0 saturated heterocycles. The maximum atomic E-state index is 12.1. The first kappa shape index (κ1) is 11.2. The van der Waals surface area contributed by atoms with E-state index in [1.54, 1.807) is 31.2 Å². The Hall–Kier alpha value is -2.29. The molecule has 0 aliphatic carbocycles. The Kier molecular flexibility index (Phi) is 2.83. The van der Waals surface area contributed by atoms with Gasteiger partial charge >= 0.3 is 0 Å². The second-order valence-electron chi connectivity index (χ2n) is 3.85. The van der Waals surface area contributed by atoms with Gasteiger partial charge in [0.2, 0.25) is 0 Å². The Morgan fingerprint density at radius 1 is 1.00 bits per heavy atom. The summed E-state index contributed by atoms with van der Waals surface area (Å²) >= 11 is 0. The summed E-state index contributed by atoms with van der Waals surface area (Å²) in [4.78, 5) is 12.1. The van der Waals surface area contributed by atoms with Crippen molar-refractivity contribution in [2.24, 2.45) is 0 Å². The first-order valence-electron chi connectivity index (χ1n) is 5.22. The molecule has 0 atom stereocenters. The highest BCUT2D eigenvalue weighted by Gasteiger charge is 2.13. The highest BCUT2D eigenvalue weighted by atomic mass is 16.3. The number of para-hydroxylation sites is 1. The molecule has 0 spiro atoms. The minimum Gasteiger partial charge on any atom is -0.508 e. The molecule has 0 aliphatic heterocycles. The molecule has 0 saturated carbocycles. The minimum atomic E-state index is -0.258. The number of aromatic hydroxyl groups is 2. The quantitative estimate of drug-likeness (QED) is 0.777. The van der Waals surface area contributed by atoms with Crippen LogP contribution in [0.4, 0.5) is 0 Å². The lowest BCUT2D eigenvalue weighted by atomic mass is 10.0. The second-order valence-corrected chi connectivity index (χ2v) is 3.85. The molecule has 0 fully saturated rings. The number of carbonyl (C=O) groups is 1. The molecule has 2 N–H and O–H groups in total. The van der Waals surface area contributed by atoms with E-state index in [4.69, 9.17) is 0 Å². The summed E-state index contributed by atoms with van der Waals surface area (Å²) in [5.41, 5.74) is 1.34. The van der Waals surface area contributed by atoms with Crippen molar-refractivity contribution in [3.05, 3.63) is 59.2 Å². The van der Waals surface area contributed by atoms with E-state index in [0.717, 1.165) is 0 Å². The van der Waals surface area contributed by atoms with Gasteiger partial charge in [-0.2, -0.15) is 0 Å². The molecule has 0 heterocycles. The van der Waals surface area contributed by atoms with Gasteiger partial charge in [-0.1, -0.05) is 12.1 Å². The molecule has 17 heavy (non-hydrogen) atoms. The van der Waals surface area contributed by atoms with Crippen molar-refractivity contribution < 1.29 is 15.0 Å². The molecule has 0 unspecified atom stereocenters. The minimum absolute atomic E-state index is 0.0387. The van der Waals surface area contributed by atoms with Crippen molar-refractivity contribution in [1.29, 1.82) is 0 Å². The SMILES string of the molecule is Cc1cc(C(=O)c2ccccc2O)ccc1O. The molecule has 0 aromatic heterocycles. The fourth-order valence-electron chi connectivity index (χ4n) is 1.62. The van der Waals surface area contributed by atoms with Crippen molar-refractivity contribution in [2.75, 3.05) is 0 Å². The van der Waals surface area contributed by atoms with Gasteiger partial charge in [0.1, 0.15) is 11.5 Å². The molecule has 2 rings (SSSR count). The average Bonchev–Trinajstić information content (AvgIpc) is 2.32. The maximum absolute atomic E-state index is 12.1. The fourth-order valence-corrected chi connectivity index (χ4v) is 1.62. The maximum Gasteiger partial charge on any atom is 0.196 e. The Bertz CT molecular complexity index is 573. The summed E-state index contributed by atoms with van der Waals surface area (Å²) < 4.78 is 0. The molecule has 3 heteroatoms. The monoisotopic (exact) mass is 228 g/mol. The van der Waals surface area contributed by atoms with Crippen LogP contribution >= 0.6 is 0 Å². The standard InChI is InChI=1S/C14H12O3/c1-9-8-10(6-7-12(9)15)14(17)11-4-2-3-5-13(11)16/h2-8,15-16H,1H3. The van der Waals surface area contributed by atoms with Gasteiger partial charge < -0.3 is 10.2 Å². The Morgan fingerprint density at radius 2 is 1.71 bits per heavy atom. The van der Waals surface area contributed by atoms with E-state index >= 15 is 0 Å². The number of hydrogen-bond acceptors (Lipinski definition) is 3. The number of benzene rings is 2. The van der Waals surface area contributed by atoms with Crippen LogP contribution in [0.25, 0.3) is 0 Å². The summed E-state index contributed by atoms with van der Waals surface area (Å²) in [7, 11) is 0. The van der Waals surface area contributed by atoms with Gasteiger partial charge in [-0.05, 0) is 42.8 Å². The van der Waals surface area contributed by atoms with Crippen LogP contribution in [0.3, 0.4) is 0 Å². The van der Waals surface area contributed by atoms with E-state index in [0.29, 0.717) is 11.1 Å². The number of ketones is 1. The fraction of sp³-hybridized carbons (Fsp3) is 0.0714. The van der Waals surface area contributed by atoms with Crippen molar-refractivity contribution in [3.8, 4) is 11.5 Å². The van der Waals surface area contributed by atoms with Crippen molar-refractivity contribution >= 4 is 5.78 Å². The van der Waals surface area contributed by atoms with E-state index < -0.39 is 0 Å². The lowest BCUT2D eigenvalue weighted by molar-refractivity contribution is 0.103. The molecule has 2 aromatic rings. The smallest absolute Gasteiger partial charge is 0.196 e. The first-order chi connectivity index (χ1) is 8.09. The van der Waals surface area contributed by atoms with Gasteiger partial charge in [0.25, 0.3) is 0 Å². The van der Waals surface area contributed by atoms with Crippen LogP contribution in [0.2, 0.25) is 0 Å². The summed E-state index contributed by atoms with van der Waals surface area (Å²) in [6.07, 6.45) is 0. The zero-order valence-corrected chi connectivity index (χ0v) is 9.34. The number of rotatable bonds is 2. The lowest BCUT2D eigenvalue weighted by Gasteiger charge is -2.05. The van der Waals surface area contributed by atoms with Crippen molar-refractivity contribution in [2.45, 2.75) is 6.92 Å². The summed E-state index contributed by atoms with van der Waals surface area (Å²) in [6.45, 7) is 1.72. The number of aryl methyl sites for hydroxylation is 1. The van der Waals surface area contributed by atoms with E-state index in [9.17, 15) is 15.0 Å². The van der Waals surface area contributed by atoms with Gasteiger partial charge in [0, 0.05) is 5.56 Å². The largest absolute Gasteiger partial charge is 0.508 e. The van der Waals surface area contributed by atoms with Gasteiger partial charge in [-0.15, -0.1) is 0 Å². The molecule has 0 radical (unpaired) electrons. The van der Waals surface area contributed by atoms with Crippen LogP contribution in [0.1, 0.15) is 21.5 Å². The lowest BCUT2D eigenvalue weighted by Crippen LogP contribution is -2.01. The predicted octanol–water partition coefficient (Wildman–Crippen LogP) is 2.64. The average molecular weight is 228 g/mol. The van der Waals surface area contributed by atoms with Crippen LogP contribution < -0.4 is 0 Å². The number of carbonyl (C=O) groups excluding carboxylic acids is 1. The highest BCUT2D eigenvalue weighted by Crippen LogP contribution is 2.23. The van der Waals surface area contributed by atoms with Crippen molar-refractivity contribution in [3.63, 3.8) is 0 Å². The summed E-state index contributed by atoms with van der Waals surface area (Å²) in [5.74, 6) is -0.145. The summed E-state index contributed by atoms with van der Waals surface area (Å²) in [6, 6.07) is 11.0. The molecule has 0 bridgehead atoms. The molecule has 0 amide bonds. The topological polar surface area (TPSA) is 57.5 Å². The van der Waals surface area contributed by atoms with Gasteiger partial charge in [0.15, 0.2) is 5.78 Å². The van der Waals surface area contributed by atoms with Gasteiger partial charge in [-0.25, -0.2) is 0 Å². The molecule has 86 valence electrons. The van der Waals surface area contributed by atoms with E-state index in [1.807, 2.05) is 0 Å². The molecule has 2 aromatic carbocycles. The third-order valence-electron chi connectivity index (χ3n) is 2.61. The van der Waals surface area contributed by atoms with E-state index in [2.05, 4.69) is 0 Å². The van der Waals surface area contributed by atoms with Crippen LogP contribution in [0.5, 0.6) is 11.5 Å². The van der Waals surface area contributed by atoms with Crippen LogP contribution in [-0.2, 0) is 0 Å². The van der Waals surface area contributed by atoms with Crippen molar-refractivity contribution in [1.82, 2.24) is 0 Å². The molecule has 3 nitrogen and oxygen atoms in total. The van der Waals surface area contributed by atoms with Crippen LogP contribution in [0.15, 0.2) is 42.5 Å². The number of phenols is 2. The highest BCUT2D eigenvalue weighted by molar-refractivity contribution is 6.10.